The zero-order chi connectivity index (χ0) is 39.1. The van der Waals surface area contributed by atoms with Gasteiger partial charge in [0.25, 0.3) is 0 Å². The molecule has 0 spiro atoms. The molecule has 2 atom stereocenters. The maximum Gasteiger partial charge on any atom is 0.306 e. The van der Waals surface area contributed by atoms with Crippen LogP contribution in [-0.2, 0) is 19.2 Å². The number of nitriles is 2. The molecule has 2 aromatic heterocycles. The summed E-state index contributed by atoms with van der Waals surface area (Å²) in [5.74, 6) is -7.35. The van der Waals surface area contributed by atoms with Gasteiger partial charge in [-0.05, 0) is 69.2 Å². The summed E-state index contributed by atoms with van der Waals surface area (Å²) in [4.78, 5) is 55.5. The monoisotopic (exact) mass is 782 g/mol. The Labute approximate surface area is 313 Å². The predicted molar refractivity (Wildman–Crippen MR) is 188 cm³/mol. The van der Waals surface area contributed by atoms with Crippen LogP contribution in [0.15, 0.2) is 36.4 Å². The van der Waals surface area contributed by atoms with Gasteiger partial charge in [0.2, 0.25) is 11.8 Å². The number of aliphatic carboxylic acids is 2. The van der Waals surface area contributed by atoms with Crippen molar-refractivity contribution in [1.82, 2.24) is 9.97 Å². The summed E-state index contributed by atoms with van der Waals surface area (Å²) in [6, 6.07) is 9.52. The van der Waals surface area contributed by atoms with Gasteiger partial charge >= 0.3 is 11.9 Å². The Morgan fingerprint density at radius 3 is 1.41 bits per heavy atom. The molecule has 2 fully saturated rings. The number of nitrogens with zero attached hydrogens (tertiary/aromatic N) is 4. The number of amides is 2. The van der Waals surface area contributed by atoms with E-state index >= 15 is 0 Å². The van der Waals surface area contributed by atoms with Crippen LogP contribution in [0, 0.1) is 69.6 Å². The van der Waals surface area contributed by atoms with Gasteiger partial charge in [0.05, 0.1) is 11.8 Å². The number of rotatable bonds is 8. The first-order chi connectivity index (χ1) is 25.7. The van der Waals surface area contributed by atoms with Crippen LogP contribution in [0.1, 0.15) is 61.1 Å². The van der Waals surface area contributed by atoms with E-state index in [1.54, 1.807) is 0 Å². The number of halogens is 4. The molecule has 6 rings (SSSR count). The van der Waals surface area contributed by atoms with E-state index < -0.39 is 53.0 Å². The van der Waals surface area contributed by atoms with Crippen molar-refractivity contribution in [2.24, 2.45) is 23.7 Å². The lowest BCUT2D eigenvalue weighted by atomic mass is 9.81. The van der Waals surface area contributed by atoms with Crippen LogP contribution in [0.2, 0.25) is 0 Å². The molecule has 2 unspecified atom stereocenters. The van der Waals surface area contributed by atoms with E-state index in [0.29, 0.717) is 51.0 Å². The molecule has 18 heteroatoms. The number of aromatic nitrogens is 2. The zero-order valence-electron chi connectivity index (χ0n) is 28.1. The van der Waals surface area contributed by atoms with E-state index in [-0.39, 0.29) is 66.7 Å². The highest BCUT2D eigenvalue weighted by atomic mass is 32.1. The van der Waals surface area contributed by atoms with Crippen molar-refractivity contribution in [3.63, 3.8) is 0 Å². The van der Waals surface area contributed by atoms with Crippen molar-refractivity contribution in [3.05, 3.63) is 69.4 Å². The van der Waals surface area contributed by atoms with Crippen molar-refractivity contribution in [2.45, 2.75) is 51.4 Å². The van der Waals surface area contributed by atoms with E-state index in [1.807, 2.05) is 12.1 Å². The molecule has 0 aliphatic heterocycles. The normalized spacial score (nSPS) is 19.3. The number of nitrogens with one attached hydrogen (secondary N) is 2. The highest BCUT2D eigenvalue weighted by Crippen LogP contribution is 2.36. The van der Waals surface area contributed by atoms with Gasteiger partial charge < -0.3 is 20.8 Å². The molecule has 2 amide bonds. The van der Waals surface area contributed by atoms with Crippen LogP contribution in [0.25, 0.3) is 22.5 Å². The summed E-state index contributed by atoms with van der Waals surface area (Å²) in [5.41, 5.74) is 0.404. The Morgan fingerprint density at radius 2 is 1.00 bits per heavy atom. The van der Waals surface area contributed by atoms with E-state index in [4.69, 9.17) is 10.2 Å². The minimum absolute atomic E-state index is 0.0863. The molecule has 2 aliphatic rings. The number of carboxylic acids is 2. The standard InChI is InChI=1S/2C18H15F2N3O3S/c19-12-5-11(6-13(20)7-12)15-14(8-21)27-18(22-15)23-16(24)9-1-3-10(4-2-9)17(25)26;19-12-5-11(6-13(20)7-12)15-14(8-21)27-18(22-15)23-16(24)9-2-1-3-10(4-9)17(25)26/h2*5-7,9-10H,1-4H2,(H,25,26)(H,22,23,24). The second kappa shape index (κ2) is 17.4. The number of carbonyl (C=O) groups is 4. The first kappa shape index (κ1) is 39.5. The molecule has 54 heavy (non-hydrogen) atoms. The van der Waals surface area contributed by atoms with Crippen molar-refractivity contribution < 1.29 is 47.0 Å². The number of hydrogen-bond acceptors (Lipinski definition) is 10. The number of carbonyl (C=O) groups excluding carboxylic acids is 2. The number of carboxylic acid groups (broad SMARTS) is 2. The first-order valence-corrected chi connectivity index (χ1v) is 18.2. The summed E-state index contributed by atoms with van der Waals surface area (Å²) >= 11 is 1.82. The van der Waals surface area contributed by atoms with Gasteiger partial charge in [0, 0.05) is 35.1 Å². The third-order valence-electron chi connectivity index (χ3n) is 9.03. The summed E-state index contributed by atoms with van der Waals surface area (Å²) in [6.07, 6.45) is 3.80. The maximum atomic E-state index is 13.4. The quantitative estimate of drug-likeness (QED) is 0.129. The molecule has 280 valence electrons. The Bertz CT molecular complexity index is 2130. The number of benzene rings is 2. The van der Waals surface area contributed by atoms with E-state index in [2.05, 4.69) is 20.6 Å². The lowest BCUT2D eigenvalue weighted by Crippen LogP contribution is -2.30. The van der Waals surface area contributed by atoms with Crippen molar-refractivity contribution in [3.8, 4) is 34.7 Å². The fraction of sp³-hybridized carbons (Fsp3) is 0.333. The third kappa shape index (κ3) is 9.82. The van der Waals surface area contributed by atoms with E-state index in [0.717, 1.165) is 53.0 Å². The van der Waals surface area contributed by atoms with Gasteiger partial charge in [-0.15, -0.1) is 0 Å². The SMILES string of the molecule is N#Cc1sc(NC(=O)C2CCC(C(=O)O)CC2)nc1-c1cc(F)cc(F)c1.N#Cc1sc(NC(=O)C2CCCC(C(=O)O)C2)nc1-c1cc(F)cc(F)c1. The Morgan fingerprint density at radius 1 is 0.611 bits per heavy atom. The molecule has 0 radical (unpaired) electrons. The summed E-state index contributed by atoms with van der Waals surface area (Å²) in [6.45, 7) is 0. The van der Waals surface area contributed by atoms with Crippen LogP contribution in [0.4, 0.5) is 27.8 Å². The Hall–Kier alpha value is -5.72. The van der Waals surface area contributed by atoms with Gasteiger partial charge in [-0.2, -0.15) is 10.5 Å². The first-order valence-electron chi connectivity index (χ1n) is 16.6. The molecule has 2 saturated carbocycles. The van der Waals surface area contributed by atoms with Crippen LogP contribution >= 0.6 is 22.7 Å². The highest BCUT2D eigenvalue weighted by molar-refractivity contribution is 7.17. The zero-order valence-corrected chi connectivity index (χ0v) is 29.7. The topological polar surface area (TPSA) is 206 Å². The molecule has 2 heterocycles. The highest BCUT2D eigenvalue weighted by Gasteiger charge is 2.32. The molecular weight excluding hydrogens is 753 g/mol. The van der Waals surface area contributed by atoms with Gasteiger partial charge in [0.15, 0.2) is 10.3 Å². The van der Waals surface area contributed by atoms with Crippen LogP contribution in [-0.4, -0.2) is 43.9 Å². The fourth-order valence-corrected chi connectivity index (χ4v) is 7.92. The fourth-order valence-electron chi connectivity index (χ4n) is 6.34. The lowest BCUT2D eigenvalue weighted by Gasteiger charge is -2.25. The third-order valence-corrected chi connectivity index (χ3v) is 10.8. The van der Waals surface area contributed by atoms with Crippen LogP contribution in [0.3, 0.4) is 0 Å². The van der Waals surface area contributed by atoms with Crippen molar-refractivity contribution in [2.75, 3.05) is 10.6 Å². The molecule has 2 aliphatic carbocycles. The minimum Gasteiger partial charge on any atom is -0.481 e. The Balaban J connectivity index is 0.000000208. The average molecular weight is 783 g/mol. The number of thiazole rings is 2. The number of anilines is 2. The molecule has 4 N–H and O–H groups in total. The molecule has 0 saturated heterocycles. The molecule has 12 nitrogen and oxygen atoms in total. The lowest BCUT2D eigenvalue weighted by molar-refractivity contribution is -0.144. The van der Waals surface area contributed by atoms with Gasteiger partial charge in [-0.3, -0.25) is 19.2 Å². The molecular formula is C36H30F4N6O6S2. The second-order valence-corrected chi connectivity index (χ2v) is 14.7. The summed E-state index contributed by atoms with van der Waals surface area (Å²) in [7, 11) is 0. The Kier molecular flexibility index (Phi) is 12.7. The largest absolute Gasteiger partial charge is 0.481 e. The van der Waals surface area contributed by atoms with E-state index in [1.165, 1.54) is 0 Å². The average Bonchev–Trinajstić information content (AvgIpc) is 3.75. The maximum absolute atomic E-state index is 13.4. The minimum atomic E-state index is -0.913. The molecule has 2 aromatic carbocycles. The smallest absolute Gasteiger partial charge is 0.306 e. The van der Waals surface area contributed by atoms with Gasteiger partial charge in [0.1, 0.15) is 56.5 Å². The van der Waals surface area contributed by atoms with Gasteiger partial charge in [-0.25, -0.2) is 27.5 Å². The van der Waals surface area contributed by atoms with Crippen molar-refractivity contribution in [1.29, 1.82) is 10.5 Å². The molecule has 0 bridgehead atoms. The van der Waals surface area contributed by atoms with E-state index in [9.17, 15) is 47.3 Å². The van der Waals surface area contributed by atoms with Crippen molar-refractivity contribution >= 4 is 56.7 Å². The van der Waals surface area contributed by atoms with Crippen LogP contribution in [0.5, 0.6) is 0 Å². The number of hydrogen-bond donors (Lipinski definition) is 4. The van der Waals surface area contributed by atoms with Gasteiger partial charge in [-0.1, -0.05) is 29.1 Å². The predicted octanol–water partition coefficient (Wildman–Crippen LogP) is 7.58. The van der Waals surface area contributed by atoms with Crippen LogP contribution < -0.4 is 10.6 Å². The second-order valence-electron chi connectivity index (χ2n) is 12.7. The molecule has 4 aromatic rings. The summed E-state index contributed by atoms with van der Waals surface area (Å²) in [5, 5.41) is 42.2. The summed E-state index contributed by atoms with van der Waals surface area (Å²) < 4.78 is 53.8.